The summed E-state index contributed by atoms with van der Waals surface area (Å²) in [6, 6.07) is 3.98. The zero-order valence-electron chi connectivity index (χ0n) is 12.4. The lowest BCUT2D eigenvalue weighted by Crippen LogP contribution is -2.33. The Kier molecular flexibility index (Phi) is 9.63. The van der Waals surface area contributed by atoms with E-state index in [1.54, 1.807) is 0 Å². The molecule has 22 heavy (non-hydrogen) atoms. The molecule has 0 aliphatic heterocycles. The molecule has 1 aromatic rings. The topological polar surface area (TPSA) is 84.5 Å². The second-order valence-corrected chi connectivity index (χ2v) is 6.45. The molecule has 1 rings (SSSR count). The van der Waals surface area contributed by atoms with Crippen molar-refractivity contribution in [1.82, 2.24) is 10.0 Å². The van der Waals surface area contributed by atoms with Crippen LogP contribution in [0.2, 0.25) is 5.02 Å². The quantitative estimate of drug-likeness (QED) is 0.538. The van der Waals surface area contributed by atoms with Crippen molar-refractivity contribution in [3.63, 3.8) is 0 Å². The fourth-order valence-electron chi connectivity index (χ4n) is 1.66. The summed E-state index contributed by atoms with van der Waals surface area (Å²) in [6.45, 7) is 3.57. The standard InChI is InChI=1S/C13H19ClN2O4S.ClH/c1-3-6-15-7-8-16-21(18,19)12-5-4-10(14)9-11(12)13(17)20-2;/h4-5,9,15-16H,3,6-8H2,1-2H3;1H. The second-order valence-electron chi connectivity index (χ2n) is 4.28. The fraction of sp³-hybridized carbons (Fsp3) is 0.462. The Hall–Kier alpha value is -0.860. The number of hydrogen-bond donors (Lipinski definition) is 2. The van der Waals surface area contributed by atoms with E-state index in [2.05, 4.69) is 14.8 Å². The lowest BCUT2D eigenvalue weighted by atomic mass is 10.2. The predicted molar refractivity (Wildman–Crippen MR) is 88.4 cm³/mol. The van der Waals surface area contributed by atoms with Crippen LogP contribution >= 0.6 is 24.0 Å². The van der Waals surface area contributed by atoms with Crippen LogP contribution in [0, 0.1) is 0 Å². The summed E-state index contributed by atoms with van der Waals surface area (Å²) in [5, 5.41) is 3.34. The maximum atomic E-state index is 12.2. The third kappa shape index (κ3) is 6.10. The third-order valence-electron chi connectivity index (χ3n) is 2.66. The van der Waals surface area contributed by atoms with Crippen LogP contribution in [0.15, 0.2) is 23.1 Å². The van der Waals surface area contributed by atoms with Crippen LogP contribution in [-0.2, 0) is 14.8 Å². The van der Waals surface area contributed by atoms with E-state index in [1.807, 2.05) is 6.92 Å². The summed E-state index contributed by atoms with van der Waals surface area (Å²) >= 11 is 5.80. The molecule has 9 heteroatoms. The molecular weight excluding hydrogens is 351 g/mol. The van der Waals surface area contributed by atoms with Gasteiger partial charge < -0.3 is 10.1 Å². The number of sulfonamides is 1. The van der Waals surface area contributed by atoms with E-state index in [0.717, 1.165) is 13.0 Å². The highest BCUT2D eigenvalue weighted by molar-refractivity contribution is 7.89. The molecule has 0 aromatic heterocycles. The van der Waals surface area contributed by atoms with Crippen molar-refractivity contribution < 1.29 is 17.9 Å². The number of esters is 1. The molecule has 0 amide bonds. The first-order chi connectivity index (χ1) is 9.92. The first-order valence-corrected chi connectivity index (χ1v) is 8.36. The first-order valence-electron chi connectivity index (χ1n) is 6.50. The number of ether oxygens (including phenoxy) is 1. The van der Waals surface area contributed by atoms with Gasteiger partial charge in [0, 0.05) is 18.1 Å². The van der Waals surface area contributed by atoms with Crippen molar-refractivity contribution in [3.8, 4) is 0 Å². The van der Waals surface area contributed by atoms with E-state index in [9.17, 15) is 13.2 Å². The number of carbonyl (C=O) groups excluding carboxylic acids is 1. The number of rotatable bonds is 8. The minimum atomic E-state index is -3.80. The van der Waals surface area contributed by atoms with Crippen LogP contribution in [0.3, 0.4) is 0 Å². The van der Waals surface area contributed by atoms with E-state index in [1.165, 1.54) is 25.3 Å². The summed E-state index contributed by atoms with van der Waals surface area (Å²) in [5.74, 6) is -0.748. The molecule has 1 aromatic carbocycles. The highest BCUT2D eigenvalue weighted by atomic mass is 35.5. The first kappa shape index (κ1) is 21.1. The molecule has 0 heterocycles. The average molecular weight is 371 g/mol. The number of halogens is 2. The lowest BCUT2D eigenvalue weighted by Gasteiger charge is -2.11. The molecule has 0 saturated carbocycles. The largest absolute Gasteiger partial charge is 0.465 e. The van der Waals surface area contributed by atoms with E-state index in [-0.39, 0.29) is 34.4 Å². The number of nitrogens with one attached hydrogen (secondary N) is 2. The molecule has 0 saturated heterocycles. The fourth-order valence-corrected chi connectivity index (χ4v) is 3.04. The minimum Gasteiger partial charge on any atom is -0.465 e. The molecule has 0 unspecified atom stereocenters. The molecule has 0 aliphatic carbocycles. The van der Waals surface area contributed by atoms with Crippen molar-refractivity contribution in [1.29, 1.82) is 0 Å². The predicted octanol–water partition coefficient (Wildman–Crippen LogP) is 1.83. The Morgan fingerprint density at radius 3 is 2.55 bits per heavy atom. The smallest absolute Gasteiger partial charge is 0.339 e. The monoisotopic (exact) mass is 370 g/mol. The Labute approximate surface area is 142 Å². The van der Waals surface area contributed by atoms with Gasteiger partial charge in [0.05, 0.1) is 17.6 Å². The van der Waals surface area contributed by atoms with Crippen molar-refractivity contribution in [3.05, 3.63) is 28.8 Å². The van der Waals surface area contributed by atoms with Crippen molar-refractivity contribution in [2.24, 2.45) is 0 Å². The zero-order chi connectivity index (χ0) is 15.9. The van der Waals surface area contributed by atoms with E-state index in [4.69, 9.17) is 11.6 Å². The molecule has 126 valence electrons. The summed E-state index contributed by atoms with van der Waals surface area (Å²) in [7, 11) is -2.62. The maximum absolute atomic E-state index is 12.2. The van der Waals surface area contributed by atoms with Crippen LogP contribution in [0.4, 0.5) is 0 Å². The minimum absolute atomic E-state index is 0. The lowest BCUT2D eigenvalue weighted by molar-refractivity contribution is 0.0596. The number of hydrogen-bond acceptors (Lipinski definition) is 5. The maximum Gasteiger partial charge on any atom is 0.339 e. The molecular formula is C13H20Cl2N2O4S. The normalized spacial score (nSPS) is 10.9. The van der Waals surface area contributed by atoms with Crippen LogP contribution in [0.1, 0.15) is 23.7 Å². The SMILES string of the molecule is CCCNCCNS(=O)(=O)c1ccc(Cl)cc1C(=O)OC.Cl. The van der Waals surface area contributed by atoms with Gasteiger partial charge in [-0.3, -0.25) is 0 Å². The Balaban J connectivity index is 0.00000441. The number of methoxy groups -OCH3 is 1. The van der Waals surface area contributed by atoms with Gasteiger partial charge in [-0.15, -0.1) is 12.4 Å². The molecule has 0 atom stereocenters. The van der Waals surface area contributed by atoms with Gasteiger partial charge in [-0.05, 0) is 31.2 Å². The highest BCUT2D eigenvalue weighted by Gasteiger charge is 2.22. The highest BCUT2D eigenvalue weighted by Crippen LogP contribution is 2.21. The van der Waals surface area contributed by atoms with Gasteiger partial charge in [0.2, 0.25) is 10.0 Å². The van der Waals surface area contributed by atoms with E-state index < -0.39 is 16.0 Å². The van der Waals surface area contributed by atoms with Gasteiger partial charge in [-0.2, -0.15) is 0 Å². The molecule has 2 N–H and O–H groups in total. The summed E-state index contributed by atoms with van der Waals surface area (Å²) < 4.78 is 31.5. The number of benzene rings is 1. The third-order valence-corrected chi connectivity index (χ3v) is 4.41. The van der Waals surface area contributed by atoms with Gasteiger partial charge in [-0.1, -0.05) is 18.5 Å². The molecule has 0 spiro atoms. The number of carbonyl (C=O) groups is 1. The van der Waals surface area contributed by atoms with Gasteiger partial charge in [0.25, 0.3) is 0 Å². The van der Waals surface area contributed by atoms with Crippen LogP contribution in [0.5, 0.6) is 0 Å². The Morgan fingerprint density at radius 1 is 1.27 bits per heavy atom. The van der Waals surface area contributed by atoms with Gasteiger partial charge >= 0.3 is 5.97 Å². The zero-order valence-corrected chi connectivity index (χ0v) is 14.8. The van der Waals surface area contributed by atoms with Crippen LogP contribution < -0.4 is 10.0 Å². The van der Waals surface area contributed by atoms with Crippen molar-refractivity contribution >= 4 is 40.0 Å². The average Bonchev–Trinajstić information content (AvgIpc) is 2.45. The molecule has 0 bridgehead atoms. The van der Waals surface area contributed by atoms with E-state index in [0.29, 0.717) is 6.54 Å². The summed E-state index contributed by atoms with van der Waals surface area (Å²) in [6.07, 6.45) is 0.969. The summed E-state index contributed by atoms with van der Waals surface area (Å²) in [5.41, 5.74) is -0.0842. The molecule has 0 aliphatic rings. The van der Waals surface area contributed by atoms with Crippen molar-refractivity contribution in [2.75, 3.05) is 26.7 Å². The van der Waals surface area contributed by atoms with Gasteiger partial charge in [0.15, 0.2) is 0 Å². The van der Waals surface area contributed by atoms with E-state index >= 15 is 0 Å². The molecule has 0 fully saturated rings. The Bertz CT molecular complexity index is 594. The van der Waals surface area contributed by atoms with Crippen molar-refractivity contribution in [2.45, 2.75) is 18.2 Å². The second kappa shape index (κ2) is 10.0. The Morgan fingerprint density at radius 2 is 1.95 bits per heavy atom. The van der Waals surface area contributed by atoms with Gasteiger partial charge in [-0.25, -0.2) is 17.9 Å². The molecule has 6 nitrogen and oxygen atoms in total. The van der Waals surface area contributed by atoms with Crippen LogP contribution in [-0.4, -0.2) is 41.1 Å². The van der Waals surface area contributed by atoms with Crippen LogP contribution in [0.25, 0.3) is 0 Å². The van der Waals surface area contributed by atoms with Gasteiger partial charge in [0.1, 0.15) is 0 Å². The summed E-state index contributed by atoms with van der Waals surface area (Å²) in [4.78, 5) is 11.5. The molecule has 0 radical (unpaired) electrons.